The van der Waals surface area contributed by atoms with Crippen LogP contribution >= 0.6 is 0 Å². The molecular weight excluding hydrogens is 372 g/mol. The molecule has 5 nitrogen and oxygen atoms in total. The number of rotatable bonds is 18. The highest BCUT2D eigenvalue weighted by atomic mass is 32.2. The summed E-state index contributed by atoms with van der Waals surface area (Å²) in [5.74, 6) is 0. The second-order valence-corrected chi connectivity index (χ2v) is 8.94. The van der Waals surface area contributed by atoms with Gasteiger partial charge in [0.25, 0.3) is 10.1 Å². The number of unbranched alkanes of at least 4 members (excludes halogenated alkanes) is 9. The van der Waals surface area contributed by atoms with Gasteiger partial charge < -0.3 is 11.1 Å². The fourth-order valence-corrected chi connectivity index (χ4v) is 4.44. The van der Waals surface area contributed by atoms with Crippen molar-refractivity contribution in [1.82, 2.24) is 5.32 Å². The highest BCUT2D eigenvalue weighted by molar-refractivity contribution is 7.86. The van der Waals surface area contributed by atoms with Crippen LogP contribution in [0.15, 0.2) is 29.2 Å². The van der Waals surface area contributed by atoms with E-state index in [0.717, 1.165) is 24.8 Å². The third-order valence-electron chi connectivity index (χ3n) is 4.88. The predicted molar refractivity (Wildman–Crippen MR) is 117 cm³/mol. The van der Waals surface area contributed by atoms with Crippen molar-refractivity contribution < 1.29 is 12.6 Å². The number of nitrogens with one attached hydrogen (secondary N) is 1. The summed E-state index contributed by atoms with van der Waals surface area (Å²) >= 11 is 0. The molecule has 0 bridgehead atoms. The summed E-state index contributed by atoms with van der Waals surface area (Å²) in [6.45, 7) is 4.01. The number of aryl methyl sites for hydroxylation is 1. The van der Waals surface area contributed by atoms with Gasteiger partial charge in [-0.05, 0) is 24.5 Å². The smallest absolute Gasteiger partial charge is 0.297 e. The molecule has 1 rings (SSSR count). The third-order valence-corrected chi connectivity index (χ3v) is 6.29. The van der Waals surface area contributed by atoms with E-state index in [9.17, 15) is 8.42 Å². The van der Waals surface area contributed by atoms with E-state index in [1.807, 2.05) is 12.1 Å². The fraction of sp³-hybridized carbons (Fsp3) is 0.727. The molecule has 0 atom stereocenters. The Balaban J connectivity index is 2.31. The van der Waals surface area contributed by atoms with Crippen LogP contribution in [0.4, 0.5) is 0 Å². The molecule has 0 amide bonds. The van der Waals surface area contributed by atoms with Crippen molar-refractivity contribution in [2.45, 2.75) is 82.4 Å². The quantitative estimate of drug-likeness (QED) is 0.276. The van der Waals surface area contributed by atoms with Gasteiger partial charge in [-0.15, -0.1) is 0 Å². The van der Waals surface area contributed by atoms with Crippen LogP contribution in [0.5, 0.6) is 0 Å². The SMILES string of the molecule is CCCCCCCCCCCCc1ccccc1S(=O)(=O)OCCNCCN. The van der Waals surface area contributed by atoms with Crippen LogP contribution in [0.3, 0.4) is 0 Å². The molecule has 0 unspecified atom stereocenters. The van der Waals surface area contributed by atoms with Gasteiger partial charge in [0, 0.05) is 19.6 Å². The van der Waals surface area contributed by atoms with Gasteiger partial charge in [-0.2, -0.15) is 8.42 Å². The first-order chi connectivity index (χ1) is 13.6. The molecule has 162 valence electrons. The van der Waals surface area contributed by atoms with Crippen LogP contribution in [-0.4, -0.2) is 34.7 Å². The first-order valence-electron chi connectivity index (χ1n) is 11.0. The molecule has 1 aromatic carbocycles. The van der Waals surface area contributed by atoms with Crippen LogP contribution in [0.25, 0.3) is 0 Å². The van der Waals surface area contributed by atoms with Crippen molar-refractivity contribution in [1.29, 1.82) is 0 Å². The molecule has 0 spiro atoms. The van der Waals surface area contributed by atoms with Crippen LogP contribution in [0, 0.1) is 0 Å². The Labute approximate surface area is 172 Å². The lowest BCUT2D eigenvalue weighted by molar-refractivity contribution is 0.315. The Bertz CT molecular complexity index is 606. The molecular formula is C22H40N2O3S. The standard InChI is InChI=1S/C22H40N2O3S/c1-2-3-4-5-6-7-8-9-10-11-14-21-15-12-13-16-22(21)28(25,26)27-20-19-24-18-17-23/h12-13,15-16,24H,2-11,14,17-20,23H2,1H3. The van der Waals surface area contributed by atoms with Gasteiger partial charge in [0.2, 0.25) is 0 Å². The summed E-state index contributed by atoms with van der Waals surface area (Å²) in [4.78, 5) is 0.310. The maximum absolute atomic E-state index is 12.5. The summed E-state index contributed by atoms with van der Waals surface area (Å²) in [7, 11) is -3.71. The molecule has 3 N–H and O–H groups in total. The van der Waals surface area contributed by atoms with Crippen LogP contribution in [-0.2, 0) is 20.7 Å². The zero-order valence-corrected chi connectivity index (χ0v) is 18.4. The van der Waals surface area contributed by atoms with E-state index in [4.69, 9.17) is 9.92 Å². The highest BCUT2D eigenvalue weighted by Gasteiger charge is 2.18. The topological polar surface area (TPSA) is 81.4 Å². The Kier molecular flexibility index (Phi) is 14.3. The second kappa shape index (κ2) is 15.9. The summed E-state index contributed by atoms with van der Waals surface area (Å²) in [6.07, 6.45) is 13.5. The third kappa shape index (κ3) is 11.1. The van der Waals surface area contributed by atoms with E-state index in [2.05, 4.69) is 12.2 Å². The summed E-state index contributed by atoms with van der Waals surface area (Å²) in [5, 5.41) is 3.03. The Morgan fingerprint density at radius 2 is 1.50 bits per heavy atom. The summed E-state index contributed by atoms with van der Waals surface area (Å²) in [5.41, 5.74) is 6.25. The Morgan fingerprint density at radius 1 is 0.893 bits per heavy atom. The van der Waals surface area contributed by atoms with E-state index < -0.39 is 10.1 Å². The molecule has 0 aliphatic heterocycles. The molecule has 0 heterocycles. The van der Waals surface area contributed by atoms with E-state index in [1.54, 1.807) is 12.1 Å². The molecule has 0 aliphatic carbocycles. The summed E-state index contributed by atoms with van der Waals surface area (Å²) in [6, 6.07) is 7.20. The minimum atomic E-state index is -3.71. The average molecular weight is 413 g/mol. The largest absolute Gasteiger partial charge is 0.329 e. The number of hydrogen-bond acceptors (Lipinski definition) is 5. The lowest BCUT2D eigenvalue weighted by Gasteiger charge is -2.11. The van der Waals surface area contributed by atoms with Gasteiger partial charge >= 0.3 is 0 Å². The van der Waals surface area contributed by atoms with Crippen LogP contribution in [0.1, 0.15) is 76.7 Å². The first kappa shape index (κ1) is 25.1. The van der Waals surface area contributed by atoms with Crippen molar-refractivity contribution >= 4 is 10.1 Å². The van der Waals surface area contributed by atoms with E-state index in [1.165, 1.54) is 51.4 Å². The molecule has 0 aromatic heterocycles. The molecule has 6 heteroatoms. The monoisotopic (exact) mass is 412 g/mol. The lowest BCUT2D eigenvalue weighted by atomic mass is 10.0. The molecule has 28 heavy (non-hydrogen) atoms. The number of benzene rings is 1. The lowest BCUT2D eigenvalue weighted by Crippen LogP contribution is -2.27. The van der Waals surface area contributed by atoms with Gasteiger partial charge in [-0.1, -0.05) is 82.9 Å². The number of hydrogen-bond donors (Lipinski definition) is 2. The van der Waals surface area contributed by atoms with Gasteiger partial charge in [-0.3, -0.25) is 4.18 Å². The minimum absolute atomic E-state index is 0.120. The van der Waals surface area contributed by atoms with E-state index in [-0.39, 0.29) is 6.61 Å². The molecule has 0 saturated heterocycles. The normalized spacial score (nSPS) is 11.8. The van der Waals surface area contributed by atoms with E-state index >= 15 is 0 Å². The molecule has 0 saturated carbocycles. The van der Waals surface area contributed by atoms with Crippen molar-refractivity contribution in [2.24, 2.45) is 5.73 Å². The second-order valence-electron chi connectivity index (χ2n) is 7.35. The van der Waals surface area contributed by atoms with Crippen molar-refractivity contribution in [3.63, 3.8) is 0 Å². The van der Waals surface area contributed by atoms with Crippen LogP contribution < -0.4 is 11.1 Å². The molecule has 0 radical (unpaired) electrons. The maximum Gasteiger partial charge on any atom is 0.297 e. The van der Waals surface area contributed by atoms with Crippen molar-refractivity contribution in [3.8, 4) is 0 Å². The number of nitrogens with two attached hydrogens (primary N) is 1. The first-order valence-corrected chi connectivity index (χ1v) is 12.4. The van der Waals surface area contributed by atoms with Gasteiger partial charge in [-0.25, -0.2) is 0 Å². The average Bonchev–Trinajstić information content (AvgIpc) is 2.69. The highest BCUT2D eigenvalue weighted by Crippen LogP contribution is 2.20. The van der Waals surface area contributed by atoms with Crippen LogP contribution in [0.2, 0.25) is 0 Å². The molecule has 0 fully saturated rings. The Morgan fingerprint density at radius 3 is 2.14 bits per heavy atom. The fourth-order valence-electron chi connectivity index (χ4n) is 3.27. The zero-order valence-electron chi connectivity index (χ0n) is 17.6. The van der Waals surface area contributed by atoms with Gasteiger partial charge in [0.05, 0.1) is 11.5 Å². The predicted octanol–water partition coefficient (Wildman–Crippen LogP) is 4.40. The van der Waals surface area contributed by atoms with E-state index in [0.29, 0.717) is 24.5 Å². The molecule has 1 aromatic rings. The van der Waals surface area contributed by atoms with Crippen molar-refractivity contribution in [3.05, 3.63) is 29.8 Å². The zero-order chi connectivity index (χ0) is 20.5. The maximum atomic E-state index is 12.5. The van der Waals surface area contributed by atoms with Gasteiger partial charge in [0.15, 0.2) is 0 Å². The van der Waals surface area contributed by atoms with Crippen molar-refractivity contribution in [2.75, 3.05) is 26.2 Å². The Hall–Kier alpha value is -0.950. The van der Waals surface area contributed by atoms with Gasteiger partial charge in [0.1, 0.15) is 0 Å². The molecule has 0 aliphatic rings. The summed E-state index contributed by atoms with van der Waals surface area (Å²) < 4.78 is 30.2. The minimum Gasteiger partial charge on any atom is -0.329 e.